The van der Waals surface area contributed by atoms with Crippen molar-refractivity contribution in [3.8, 4) is 5.75 Å². The largest absolute Gasteiger partial charge is 0.494 e. The van der Waals surface area contributed by atoms with Crippen LogP contribution >= 0.6 is 0 Å². The minimum Gasteiger partial charge on any atom is -0.494 e. The van der Waals surface area contributed by atoms with Crippen molar-refractivity contribution < 1.29 is 18.7 Å². The highest BCUT2D eigenvalue weighted by Crippen LogP contribution is 2.24. The maximum Gasteiger partial charge on any atom is 0.291 e. The number of rotatable bonds is 8. The molecule has 0 saturated heterocycles. The second-order valence-electron chi connectivity index (χ2n) is 7.82. The lowest BCUT2D eigenvalue weighted by atomic mass is 10.1. The van der Waals surface area contributed by atoms with Crippen LogP contribution in [0.15, 0.2) is 77.2 Å². The minimum atomic E-state index is -0.328. The molecule has 3 aromatic carbocycles. The molecule has 0 bridgehead atoms. The second-order valence-corrected chi connectivity index (χ2v) is 7.82. The molecule has 0 radical (unpaired) electrons. The summed E-state index contributed by atoms with van der Waals surface area (Å²) >= 11 is 0. The smallest absolute Gasteiger partial charge is 0.291 e. The summed E-state index contributed by atoms with van der Waals surface area (Å²) in [5, 5.41) is 6.64. The Bertz CT molecular complexity index is 1260. The average molecular weight is 443 g/mol. The fourth-order valence-corrected chi connectivity index (χ4v) is 3.42. The highest BCUT2D eigenvalue weighted by Gasteiger charge is 2.14. The summed E-state index contributed by atoms with van der Waals surface area (Å²) in [5.74, 6) is 0.366. The summed E-state index contributed by atoms with van der Waals surface area (Å²) in [6.07, 6.45) is 2.02. The van der Waals surface area contributed by atoms with Crippen molar-refractivity contribution in [2.75, 3.05) is 17.2 Å². The third-order valence-corrected chi connectivity index (χ3v) is 5.24. The molecule has 0 unspecified atom stereocenters. The predicted octanol–water partition coefficient (Wildman–Crippen LogP) is 6.42. The number of hydrogen-bond donors (Lipinski definition) is 2. The summed E-state index contributed by atoms with van der Waals surface area (Å²) in [7, 11) is 0. The van der Waals surface area contributed by atoms with E-state index in [1.54, 1.807) is 36.4 Å². The number of anilines is 2. The minimum absolute atomic E-state index is 0.227. The number of benzene rings is 3. The lowest BCUT2D eigenvalue weighted by Crippen LogP contribution is -2.14. The molecule has 4 aromatic rings. The molecule has 168 valence electrons. The molecule has 1 heterocycles. The van der Waals surface area contributed by atoms with Crippen molar-refractivity contribution in [3.63, 3.8) is 0 Å². The van der Waals surface area contributed by atoms with Crippen LogP contribution < -0.4 is 15.4 Å². The number of hydrogen-bond acceptors (Lipinski definition) is 4. The van der Waals surface area contributed by atoms with Crippen LogP contribution in [0.2, 0.25) is 0 Å². The zero-order valence-electron chi connectivity index (χ0n) is 18.7. The van der Waals surface area contributed by atoms with Gasteiger partial charge in [-0.2, -0.15) is 0 Å². The fraction of sp³-hybridized carbons (Fsp3) is 0.185. The van der Waals surface area contributed by atoms with Gasteiger partial charge < -0.3 is 19.8 Å². The van der Waals surface area contributed by atoms with Gasteiger partial charge in [0.15, 0.2) is 5.76 Å². The Kier molecular flexibility index (Phi) is 6.74. The van der Waals surface area contributed by atoms with Gasteiger partial charge in [-0.15, -0.1) is 0 Å². The lowest BCUT2D eigenvalue weighted by molar-refractivity contribution is 0.0996. The fourth-order valence-electron chi connectivity index (χ4n) is 3.42. The topological polar surface area (TPSA) is 80.6 Å². The van der Waals surface area contributed by atoms with E-state index in [1.807, 2.05) is 43.3 Å². The number of fused-ring (bicyclic) bond motifs is 1. The van der Waals surface area contributed by atoms with Gasteiger partial charge in [-0.3, -0.25) is 9.59 Å². The molecule has 2 amide bonds. The third-order valence-electron chi connectivity index (χ3n) is 5.24. The van der Waals surface area contributed by atoms with Crippen LogP contribution in [-0.4, -0.2) is 18.4 Å². The number of nitrogens with one attached hydrogen (secondary N) is 2. The van der Waals surface area contributed by atoms with E-state index in [1.165, 1.54) is 0 Å². The molecular formula is C27H26N2O4. The third kappa shape index (κ3) is 5.41. The maximum absolute atomic E-state index is 12.7. The van der Waals surface area contributed by atoms with Crippen LogP contribution in [0.5, 0.6) is 5.75 Å². The van der Waals surface area contributed by atoms with E-state index in [-0.39, 0.29) is 17.6 Å². The lowest BCUT2D eigenvalue weighted by Gasteiger charge is -2.11. The molecule has 0 aliphatic rings. The number of aryl methyl sites for hydroxylation is 1. The molecule has 4 rings (SSSR count). The predicted molar refractivity (Wildman–Crippen MR) is 130 cm³/mol. The molecular weight excluding hydrogens is 416 g/mol. The van der Waals surface area contributed by atoms with Gasteiger partial charge in [-0.25, -0.2) is 0 Å². The molecule has 0 fully saturated rings. The first-order chi connectivity index (χ1) is 16.0. The molecule has 0 spiro atoms. The van der Waals surface area contributed by atoms with Crippen LogP contribution in [0.1, 0.15) is 46.2 Å². The first-order valence-electron chi connectivity index (χ1n) is 11.0. The molecule has 0 aliphatic heterocycles. The Morgan fingerprint density at radius 3 is 2.55 bits per heavy atom. The molecule has 6 nitrogen and oxygen atoms in total. The Morgan fingerprint density at radius 2 is 1.76 bits per heavy atom. The number of unbranched alkanes of at least 4 members (excludes halogenated alkanes) is 1. The SMILES string of the molecule is CCCCOc1cccc(C(=O)Nc2ccc(NC(=O)c3cc4ccccc4o3)c(C)c2)c1. The first kappa shape index (κ1) is 22.1. The number of amides is 2. The van der Waals surface area contributed by atoms with Gasteiger partial charge in [0.25, 0.3) is 11.8 Å². The number of para-hydroxylation sites is 1. The Morgan fingerprint density at radius 1 is 0.909 bits per heavy atom. The van der Waals surface area contributed by atoms with E-state index in [4.69, 9.17) is 9.15 Å². The molecule has 0 saturated carbocycles. The monoisotopic (exact) mass is 442 g/mol. The highest BCUT2D eigenvalue weighted by atomic mass is 16.5. The Balaban J connectivity index is 1.41. The van der Waals surface area contributed by atoms with Crippen LogP contribution in [0.4, 0.5) is 11.4 Å². The quantitative estimate of drug-likeness (QED) is 0.308. The van der Waals surface area contributed by atoms with Crippen molar-refractivity contribution in [2.24, 2.45) is 0 Å². The van der Waals surface area contributed by atoms with Gasteiger partial charge in [0, 0.05) is 22.3 Å². The van der Waals surface area contributed by atoms with E-state index in [9.17, 15) is 9.59 Å². The number of ether oxygens (including phenoxy) is 1. The first-order valence-corrected chi connectivity index (χ1v) is 11.0. The highest BCUT2D eigenvalue weighted by molar-refractivity contribution is 6.06. The summed E-state index contributed by atoms with van der Waals surface area (Å²) in [6.45, 7) is 4.60. The Labute approximate surface area is 192 Å². The van der Waals surface area contributed by atoms with Crippen molar-refractivity contribution in [2.45, 2.75) is 26.7 Å². The zero-order valence-corrected chi connectivity index (χ0v) is 18.7. The Hall–Kier alpha value is -4.06. The van der Waals surface area contributed by atoms with Crippen LogP contribution in [-0.2, 0) is 0 Å². The molecule has 1 aromatic heterocycles. The van der Waals surface area contributed by atoms with Crippen LogP contribution in [0.25, 0.3) is 11.0 Å². The van der Waals surface area contributed by atoms with Crippen molar-refractivity contribution in [1.29, 1.82) is 0 Å². The maximum atomic E-state index is 12.7. The van der Waals surface area contributed by atoms with Crippen LogP contribution in [0.3, 0.4) is 0 Å². The average Bonchev–Trinajstić information content (AvgIpc) is 3.26. The number of carbonyl (C=O) groups excluding carboxylic acids is 2. The number of carbonyl (C=O) groups is 2. The van der Waals surface area contributed by atoms with Gasteiger partial charge >= 0.3 is 0 Å². The number of furan rings is 1. The molecule has 33 heavy (non-hydrogen) atoms. The van der Waals surface area contributed by atoms with Gasteiger partial charge in [0.05, 0.1) is 6.61 Å². The second kappa shape index (κ2) is 10.0. The summed E-state index contributed by atoms with van der Waals surface area (Å²) < 4.78 is 11.3. The summed E-state index contributed by atoms with van der Waals surface area (Å²) in [6, 6.07) is 21.6. The van der Waals surface area contributed by atoms with Crippen molar-refractivity contribution in [1.82, 2.24) is 0 Å². The van der Waals surface area contributed by atoms with Gasteiger partial charge in [-0.05, 0) is 67.4 Å². The van der Waals surface area contributed by atoms with Crippen molar-refractivity contribution >= 4 is 34.2 Å². The molecule has 0 atom stereocenters. The molecule has 6 heteroatoms. The zero-order chi connectivity index (χ0) is 23.2. The van der Waals surface area contributed by atoms with E-state index in [0.29, 0.717) is 34.9 Å². The van der Waals surface area contributed by atoms with E-state index in [2.05, 4.69) is 17.6 Å². The standard InChI is InChI=1S/C27H26N2O4/c1-3-4-14-32-22-10-7-9-20(16-22)26(30)28-21-12-13-23(18(2)15-21)29-27(31)25-17-19-8-5-6-11-24(19)33-25/h5-13,15-17H,3-4,14H2,1-2H3,(H,28,30)(H,29,31). The van der Waals surface area contributed by atoms with Crippen LogP contribution in [0, 0.1) is 6.92 Å². The summed E-state index contributed by atoms with van der Waals surface area (Å²) in [5.41, 5.74) is 3.27. The van der Waals surface area contributed by atoms with Gasteiger partial charge in [0.1, 0.15) is 11.3 Å². The normalized spacial score (nSPS) is 10.7. The van der Waals surface area contributed by atoms with E-state index >= 15 is 0 Å². The summed E-state index contributed by atoms with van der Waals surface area (Å²) in [4.78, 5) is 25.3. The van der Waals surface area contributed by atoms with Gasteiger partial charge in [-0.1, -0.05) is 37.6 Å². The van der Waals surface area contributed by atoms with Gasteiger partial charge in [0.2, 0.25) is 0 Å². The van der Waals surface area contributed by atoms with E-state index < -0.39 is 0 Å². The molecule has 2 N–H and O–H groups in total. The molecule has 0 aliphatic carbocycles. The van der Waals surface area contributed by atoms with Crippen molar-refractivity contribution in [3.05, 3.63) is 89.7 Å². The van der Waals surface area contributed by atoms with E-state index in [0.717, 1.165) is 23.8 Å².